The first kappa shape index (κ1) is 93.1. The van der Waals surface area contributed by atoms with Crippen LogP contribution in [0.15, 0.2) is 0 Å². The third-order valence-corrected chi connectivity index (χ3v) is 20.0. The van der Waals surface area contributed by atoms with Crippen molar-refractivity contribution in [2.24, 2.45) is 5.92 Å². The van der Waals surface area contributed by atoms with Gasteiger partial charge in [0.2, 0.25) is 0 Å². The zero-order chi connectivity index (χ0) is 69.8. The second-order valence-electron chi connectivity index (χ2n) is 27.6. The summed E-state index contributed by atoms with van der Waals surface area (Å²) in [5.41, 5.74) is 0. The van der Waals surface area contributed by atoms with Crippen LogP contribution in [0.5, 0.6) is 0 Å². The molecule has 0 rings (SSSR count). The Morgan fingerprint density at radius 3 is 0.747 bits per heavy atom. The molecule has 0 aromatic rings. The van der Waals surface area contributed by atoms with Gasteiger partial charge in [-0.3, -0.25) is 37.3 Å². The van der Waals surface area contributed by atoms with Crippen LogP contribution in [0.4, 0.5) is 0 Å². The van der Waals surface area contributed by atoms with Crippen LogP contribution in [0.1, 0.15) is 401 Å². The van der Waals surface area contributed by atoms with Crippen LogP contribution in [0.3, 0.4) is 0 Å². The molecule has 19 heteroatoms. The van der Waals surface area contributed by atoms with Crippen LogP contribution in [0.2, 0.25) is 0 Å². The molecule has 0 aliphatic rings. The zero-order valence-electron chi connectivity index (χ0n) is 61.8. The average molecular weight is 1400 g/mol. The highest BCUT2D eigenvalue weighted by Gasteiger charge is 2.30. The number of aliphatic hydroxyl groups is 1. The molecule has 0 aromatic carbocycles. The number of phosphoric acid groups is 2. The lowest BCUT2D eigenvalue weighted by Gasteiger charge is -2.21. The Balaban J connectivity index is 5.26. The Bertz CT molecular complexity index is 1820. The van der Waals surface area contributed by atoms with Gasteiger partial charge in [0.25, 0.3) is 0 Å². The van der Waals surface area contributed by atoms with Crippen molar-refractivity contribution in [3.8, 4) is 0 Å². The zero-order valence-corrected chi connectivity index (χ0v) is 63.6. The van der Waals surface area contributed by atoms with Crippen molar-refractivity contribution < 1.29 is 80.2 Å². The molecule has 0 saturated heterocycles. The number of unbranched alkanes of at least 4 members (excludes halogenated alkanes) is 47. The summed E-state index contributed by atoms with van der Waals surface area (Å²) in [7, 11) is -9.91. The first-order chi connectivity index (χ1) is 46.1. The van der Waals surface area contributed by atoms with Gasteiger partial charge in [-0.1, -0.05) is 349 Å². The second-order valence-corrected chi connectivity index (χ2v) is 30.5. The van der Waals surface area contributed by atoms with Crippen molar-refractivity contribution in [3.05, 3.63) is 0 Å². The molecule has 0 fully saturated rings. The number of hydrogen-bond donors (Lipinski definition) is 3. The van der Waals surface area contributed by atoms with Gasteiger partial charge in [0.1, 0.15) is 19.3 Å². The Labute approximate surface area is 581 Å². The van der Waals surface area contributed by atoms with Gasteiger partial charge in [-0.25, -0.2) is 9.13 Å². The van der Waals surface area contributed by atoms with Gasteiger partial charge >= 0.3 is 39.5 Å². The standard InChI is InChI=1S/C76H148O17P2/c1-6-10-13-16-19-22-25-27-29-30-32-35-42-47-52-57-62-76(81)93-72(66-87-74(79)60-55-50-45-40-37-36-38-43-48-53-58-69(5)9-4)68-91-95(84,85)89-64-70(77)63-88-94(82,83)90-67-71(65-86-73(78)59-54-49-44-39-33-24-21-18-15-12-8-3)92-75(80)61-56-51-46-41-34-31-28-26-23-20-17-14-11-7-2/h69-72,77H,6-68H2,1-5H3,(H,82,83)(H,84,85)/t69?,70-,71+,72+/m0/s1. The minimum Gasteiger partial charge on any atom is -0.462 e. The van der Waals surface area contributed by atoms with Crippen molar-refractivity contribution in [3.63, 3.8) is 0 Å². The highest BCUT2D eigenvalue weighted by Crippen LogP contribution is 2.45. The first-order valence-electron chi connectivity index (χ1n) is 39.7. The lowest BCUT2D eigenvalue weighted by Crippen LogP contribution is -2.30. The van der Waals surface area contributed by atoms with E-state index in [0.717, 1.165) is 95.8 Å². The highest BCUT2D eigenvalue weighted by molar-refractivity contribution is 7.47. The molecule has 0 aliphatic heterocycles. The number of phosphoric ester groups is 2. The number of carbonyl (C=O) groups excluding carboxylic acids is 4. The molecule has 0 spiro atoms. The third-order valence-electron chi connectivity index (χ3n) is 18.1. The van der Waals surface area contributed by atoms with E-state index >= 15 is 0 Å². The Morgan fingerprint density at radius 1 is 0.295 bits per heavy atom. The van der Waals surface area contributed by atoms with Gasteiger partial charge in [0.05, 0.1) is 26.4 Å². The molecule has 0 heterocycles. The van der Waals surface area contributed by atoms with Gasteiger partial charge < -0.3 is 33.8 Å². The summed E-state index contributed by atoms with van der Waals surface area (Å²) in [6, 6.07) is 0. The molecule has 564 valence electrons. The van der Waals surface area contributed by atoms with Gasteiger partial charge in [-0.15, -0.1) is 0 Å². The van der Waals surface area contributed by atoms with Crippen LogP contribution < -0.4 is 0 Å². The monoisotopic (exact) mass is 1400 g/mol. The molecule has 3 N–H and O–H groups in total. The van der Waals surface area contributed by atoms with Gasteiger partial charge in [-0.2, -0.15) is 0 Å². The van der Waals surface area contributed by atoms with E-state index in [2.05, 4.69) is 34.6 Å². The second kappa shape index (κ2) is 69.2. The topological polar surface area (TPSA) is 237 Å². The quantitative estimate of drug-likeness (QED) is 0.0222. The Morgan fingerprint density at radius 2 is 0.505 bits per heavy atom. The third kappa shape index (κ3) is 69.0. The van der Waals surface area contributed by atoms with E-state index in [1.807, 2.05) is 0 Å². The fourth-order valence-corrected chi connectivity index (χ4v) is 13.3. The van der Waals surface area contributed by atoms with Crippen molar-refractivity contribution in [1.29, 1.82) is 0 Å². The molecule has 0 aliphatic carbocycles. The summed E-state index contributed by atoms with van der Waals surface area (Å²) in [5, 5.41) is 10.6. The fraction of sp³-hybridized carbons (Fsp3) is 0.947. The molecule has 0 saturated carbocycles. The lowest BCUT2D eigenvalue weighted by molar-refractivity contribution is -0.161. The minimum absolute atomic E-state index is 0.108. The minimum atomic E-state index is -4.96. The SMILES string of the molecule is CCCCCCCCCCCCCCCCCCC(=O)O[C@H](COC(=O)CCCCCCCCCCCCC(C)CC)COP(=O)(O)OC[C@@H](O)COP(=O)(O)OC[C@@H](COC(=O)CCCCCCCCCCCCC)OC(=O)CCCCCCCCCCCCCCCC. The van der Waals surface area contributed by atoms with Gasteiger partial charge in [0.15, 0.2) is 12.2 Å². The van der Waals surface area contributed by atoms with Crippen LogP contribution in [0.25, 0.3) is 0 Å². The van der Waals surface area contributed by atoms with Crippen molar-refractivity contribution >= 4 is 39.5 Å². The van der Waals surface area contributed by atoms with Crippen LogP contribution in [-0.2, 0) is 65.4 Å². The largest absolute Gasteiger partial charge is 0.472 e. The molecule has 0 radical (unpaired) electrons. The van der Waals surface area contributed by atoms with Gasteiger partial charge in [0, 0.05) is 25.7 Å². The molecule has 6 atom stereocenters. The molecule has 0 amide bonds. The Kier molecular flexibility index (Phi) is 67.7. The predicted molar refractivity (Wildman–Crippen MR) is 386 cm³/mol. The molecular weight excluding hydrogens is 1250 g/mol. The van der Waals surface area contributed by atoms with E-state index in [1.165, 1.54) is 225 Å². The fourth-order valence-electron chi connectivity index (χ4n) is 11.7. The molecule has 17 nitrogen and oxygen atoms in total. The van der Waals surface area contributed by atoms with Crippen molar-refractivity contribution in [1.82, 2.24) is 0 Å². The number of carbonyl (C=O) groups is 4. The van der Waals surface area contributed by atoms with E-state index in [9.17, 15) is 43.2 Å². The Hall–Kier alpha value is -1.94. The van der Waals surface area contributed by atoms with E-state index in [-0.39, 0.29) is 25.7 Å². The number of aliphatic hydroxyl groups excluding tert-OH is 1. The molecule has 3 unspecified atom stereocenters. The van der Waals surface area contributed by atoms with Crippen LogP contribution in [-0.4, -0.2) is 96.7 Å². The average Bonchev–Trinajstić information content (AvgIpc) is 3.47. The molecule has 95 heavy (non-hydrogen) atoms. The summed E-state index contributed by atoms with van der Waals surface area (Å²) < 4.78 is 68.6. The molecular formula is C76H148O17P2. The smallest absolute Gasteiger partial charge is 0.462 e. The summed E-state index contributed by atoms with van der Waals surface area (Å²) in [5.74, 6) is -1.30. The van der Waals surface area contributed by atoms with Crippen LogP contribution >= 0.6 is 15.6 Å². The van der Waals surface area contributed by atoms with E-state index in [1.54, 1.807) is 0 Å². The number of rotatable bonds is 76. The highest BCUT2D eigenvalue weighted by atomic mass is 31.2. The van der Waals surface area contributed by atoms with Crippen molar-refractivity contribution in [2.45, 2.75) is 419 Å². The summed E-state index contributed by atoms with van der Waals surface area (Å²) >= 11 is 0. The maximum Gasteiger partial charge on any atom is 0.472 e. The predicted octanol–water partition coefficient (Wildman–Crippen LogP) is 22.5. The normalized spacial score (nSPS) is 14.2. The summed E-state index contributed by atoms with van der Waals surface area (Å²) in [4.78, 5) is 72.8. The van der Waals surface area contributed by atoms with E-state index in [0.29, 0.717) is 25.7 Å². The van der Waals surface area contributed by atoms with Crippen molar-refractivity contribution in [2.75, 3.05) is 39.6 Å². The van der Waals surface area contributed by atoms with Gasteiger partial charge in [-0.05, 0) is 31.6 Å². The van der Waals surface area contributed by atoms with Crippen LogP contribution in [0, 0.1) is 5.92 Å². The number of esters is 4. The number of ether oxygens (including phenoxy) is 4. The molecule has 0 bridgehead atoms. The maximum absolute atomic E-state index is 13.1. The van der Waals surface area contributed by atoms with E-state index < -0.39 is 97.5 Å². The summed E-state index contributed by atoms with van der Waals surface area (Å²) in [6.07, 6.45) is 58.0. The molecule has 0 aromatic heterocycles. The lowest BCUT2D eigenvalue weighted by atomic mass is 9.99. The first-order valence-corrected chi connectivity index (χ1v) is 42.7. The summed E-state index contributed by atoms with van der Waals surface area (Å²) in [6.45, 7) is 7.33. The maximum atomic E-state index is 13.1. The van der Waals surface area contributed by atoms with E-state index in [4.69, 9.17) is 37.0 Å². The number of hydrogen-bond acceptors (Lipinski definition) is 15.